The number of halogens is 1. The highest BCUT2D eigenvalue weighted by Crippen LogP contribution is 2.27. The Bertz CT molecular complexity index is 715. The van der Waals surface area contributed by atoms with Crippen molar-refractivity contribution in [1.82, 2.24) is 4.90 Å². The van der Waals surface area contributed by atoms with E-state index >= 15 is 0 Å². The smallest absolute Gasteiger partial charge is 0.410 e. The SMILES string of the molecule is CC(C)(C)OC(=O)N1CCC(CN=C(N)Nc2cccc3c2CCCC3)C1.I. The number of fused-ring (bicyclic) bond motifs is 1. The Hall–Kier alpha value is -1.51. The second-order valence-corrected chi connectivity index (χ2v) is 8.58. The maximum atomic E-state index is 12.2. The second kappa shape index (κ2) is 9.80. The number of nitrogens with two attached hydrogens (primary N) is 1. The van der Waals surface area contributed by atoms with Gasteiger partial charge in [0.15, 0.2) is 5.96 Å². The Labute approximate surface area is 185 Å². The first-order valence-electron chi connectivity index (χ1n) is 9.97. The van der Waals surface area contributed by atoms with Crippen LogP contribution in [-0.4, -0.2) is 42.2 Å². The van der Waals surface area contributed by atoms with Gasteiger partial charge in [-0.15, -0.1) is 24.0 Å². The number of nitrogens with one attached hydrogen (secondary N) is 1. The van der Waals surface area contributed by atoms with E-state index in [0.717, 1.165) is 24.9 Å². The Morgan fingerprint density at radius 2 is 2.07 bits per heavy atom. The minimum atomic E-state index is -0.462. The molecule has 2 aliphatic rings. The lowest BCUT2D eigenvalue weighted by atomic mass is 9.90. The van der Waals surface area contributed by atoms with Crippen LogP contribution in [0.1, 0.15) is 51.2 Å². The molecule has 0 spiro atoms. The molecule has 1 aromatic carbocycles. The second-order valence-electron chi connectivity index (χ2n) is 8.58. The molecule has 0 aromatic heterocycles. The minimum absolute atomic E-state index is 0. The van der Waals surface area contributed by atoms with E-state index in [1.165, 1.54) is 24.0 Å². The van der Waals surface area contributed by atoms with E-state index in [2.05, 4.69) is 28.5 Å². The summed E-state index contributed by atoms with van der Waals surface area (Å²) < 4.78 is 5.44. The van der Waals surface area contributed by atoms with Crippen LogP contribution in [0.2, 0.25) is 0 Å². The summed E-state index contributed by atoms with van der Waals surface area (Å²) >= 11 is 0. The monoisotopic (exact) mass is 500 g/mol. The summed E-state index contributed by atoms with van der Waals surface area (Å²) in [6.07, 6.45) is 5.41. The molecule has 1 fully saturated rings. The molecule has 1 saturated heterocycles. The lowest BCUT2D eigenvalue weighted by Gasteiger charge is -2.24. The molecule has 1 aliphatic heterocycles. The number of likely N-dealkylation sites (tertiary alicyclic amines) is 1. The lowest BCUT2D eigenvalue weighted by Crippen LogP contribution is -2.35. The van der Waals surface area contributed by atoms with Crippen LogP contribution >= 0.6 is 24.0 Å². The zero-order valence-corrected chi connectivity index (χ0v) is 19.5. The van der Waals surface area contributed by atoms with Crippen molar-refractivity contribution in [2.75, 3.05) is 25.0 Å². The van der Waals surface area contributed by atoms with Gasteiger partial charge < -0.3 is 20.7 Å². The van der Waals surface area contributed by atoms with E-state index in [0.29, 0.717) is 31.5 Å². The minimum Gasteiger partial charge on any atom is -0.444 e. The molecule has 28 heavy (non-hydrogen) atoms. The third-order valence-corrected chi connectivity index (χ3v) is 5.12. The molecular weight excluding hydrogens is 467 g/mol. The van der Waals surface area contributed by atoms with Crippen LogP contribution in [0.25, 0.3) is 0 Å². The zero-order valence-electron chi connectivity index (χ0n) is 17.2. The number of ether oxygens (including phenoxy) is 1. The molecule has 1 unspecified atom stereocenters. The molecule has 1 heterocycles. The van der Waals surface area contributed by atoms with E-state index < -0.39 is 5.60 Å². The van der Waals surface area contributed by atoms with E-state index in [1.807, 2.05) is 20.8 Å². The molecule has 156 valence electrons. The van der Waals surface area contributed by atoms with Crippen molar-refractivity contribution in [3.8, 4) is 0 Å². The first-order valence-corrected chi connectivity index (χ1v) is 9.97. The van der Waals surface area contributed by atoms with Gasteiger partial charge in [0.1, 0.15) is 5.60 Å². The molecule has 1 aromatic rings. The van der Waals surface area contributed by atoms with Gasteiger partial charge in [0.25, 0.3) is 0 Å². The van der Waals surface area contributed by atoms with E-state index in [4.69, 9.17) is 10.5 Å². The summed E-state index contributed by atoms with van der Waals surface area (Å²) in [6.45, 7) is 7.67. The Kier molecular flexibility index (Phi) is 7.97. The number of hydrogen-bond donors (Lipinski definition) is 2. The Morgan fingerprint density at radius 1 is 1.32 bits per heavy atom. The predicted octanol–water partition coefficient (Wildman–Crippen LogP) is 4.17. The van der Waals surface area contributed by atoms with Crippen molar-refractivity contribution in [3.05, 3.63) is 29.3 Å². The van der Waals surface area contributed by atoms with Gasteiger partial charge in [-0.1, -0.05) is 12.1 Å². The number of carbonyl (C=O) groups is 1. The standard InChI is InChI=1S/C21H32N4O2.HI/c1-21(2,3)27-20(26)25-12-11-15(14-25)13-23-19(22)24-18-10-6-8-16-7-4-5-9-17(16)18;/h6,8,10,15H,4-5,7,9,11-14H2,1-3H3,(H3,22,23,24);1H. The highest BCUT2D eigenvalue weighted by molar-refractivity contribution is 14.0. The van der Waals surface area contributed by atoms with Crippen LogP contribution in [0.3, 0.4) is 0 Å². The largest absolute Gasteiger partial charge is 0.444 e. The fraction of sp³-hybridized carbons (Fsp3) is 0.619. The highest BCUT2D eigenvalue weighted by atomic mass is 127. The first-order chi connectivity index (χ1) is 12.8. The normalized spacial score (nSPS) is 19.6. The van der Waals surface area contributed by atoms with Gasteiger partial charge in [-0.25, -0.2) is 4.79 Å². The molecule has 1 atom stereocenters. The van der Waals surface area contributed by atoms with Crippen molar-refractivity contribution >= 4 is 41.7 Å². The number of hydrogen-bond acceptors (Lipinski definition) is 3. The van der Waals surface area contributed by atoms with Crippen molar-refractivity contribution in [2.24, 2.45) is 16.6 Å². The molecule has 3 rings (SSSR count). The third-order valence-electron chi connectivity index (χ3n) is 5.12. The summed E-state index contributed by atoms with van der Waals surface area (Å²) in [6, 6.07) is 6.36. The number of aryl methyl sites for hydroxylation is 1. The molecule has 7 heteroatoms. The topological polar surface area (TPSA) is 80.0 Å². The number of aliphatic imine (C=N–C) groups is 1. The van der Waals surface area contributed by atoms with Crippen LogP contribution < -0.4 is 11.1 Å². The summed E-state index contributed by atoms with van der Waals surface area (Å²) in [5.74, 6) is 0.771. The number of carbonyl (C=O) groups excluding carboxylic acids is 1. The van der Waals surface area contributed by atoms with Crippen LogP contribution in [0, 0.1) is 5.92 Å². The van der Waals surface area contributed by atoms with E-state index in [-0.39, 0.29) is 30.1 Å². The zero-order chi connectivity index (χ0) is 19.4. The van der Waals surface area contributed by atoms with Gasteiger partial charge in [0, 0.05) is 25.3 Å². The number of anilines is 1. The number of amides is 1. The molecule has 3 N–H and O–H groups in total. The third kappa shape index (κ3) is 6.25. The maximum absolute atomic E-state index is 12.2. The first kappa shape index (κ1) is 22.8. The van der Waals surface area contributed by atoms with E-state index in [9.17, 15) is 4.79 Å². The average molecular weight is 500 g/mol. The molecular formula is C21H33IN4O2. The van der Waals surface area contributed by atoms with Gasteiger partial charge in [0.05, 0.1) is 0 Å². The van der Waals surface area contributed by atoms with Crippen molar-refractivity contribution < 1.29 is 9.53 Å². The van der Waals surface area contributed by atoms with Gasteiger partial charge in [-0.05, 0) is 76.0 Å². The molecule has 1 amide bonds. The predicted molar refractivity (Wildman–Crippen MR) is 125 cm³/mol. The number of nitrogens with zero attached hydrogens (tertiary/aromatic N) is 2. The van der Waals surface area contributed by atoms with Crippen molar-refractivity contribution in [3.63, 3.8) is 0 Å². The lowest BCUT2D eigenvalue weighted by molar-refractivity contribution is 0.0289. The van der Waals surface area contributed by atoms with Crippen molar-refractivity contribution in [1.29, 1.82) is 0 Å². The maximum Gasteiger partial charge on any atom is 0.410 e. The fourth-order valence-corrected chi connectivity index (χ4v) is 3.78. The van der Waals surface area contributed by atoms with Crippen LogP contribution in [0.15, 0.2) is 23.2 Å². The average Bonchev–Trinajstić information content (AvgIpc) is 3.08. The molecule has 0 saturated carbocycles. The molecule has 1 aliphatic carbocycles. The summed E-state index contributed by atoms with van der Waals surface area (Å²) in [5.41, 5.74) is 9.54. The summed E-state index contributed by atoms with van der Waals surface area (Å²) in [5, 5.41) is 3.28. The number of benzene rings is 1. The van der Waals surface area contributed by atoms with Crippen LogP contribution in [0.5, 0.6) is 0 Å². The van der Waals surface area contributed by atoms with Gasteiger partial charge >= 0.3 is 6.09 Å². The summed E-state index contributed by atoms with van der Waals surface area (Å²) in [4.78, 5) is 18.4. The quantitative estimate of drug-likeness (QED) is 0.371. The fourth-order valence-electron chi connectivity index (χ4n) is 3.78. The molecule has 0 bridgehead atoms. The van der Waals surface area contributed by atoms with E-state index in [1.54, 1.807) is 4.90 Å². The Balaban J connectivity index is 0.00000280. The number of guanidine groups is 1. The van der Waals surface area contributed by atoms with Crippen molar-refractivity contribution in [2.45, 2.75) is 58.5 Å². The highest BCUT2D eigenvalue weighted by Gasteiger charge is 2.29. The van der Waals surface area contributed by atoms with Gasteiger partial charge in [0.2, 0.25) is 0 Å². The van der Waals surface area contributed by atoms with Gasteiger partial charge in [-0.2, -0.15) is 0 Å². The van der Waals surface area contributed by atoms with Crippen LogP contribution in [-0.2, 0) is 17.6 Å². The summed E-state index contributed by atoms with van der Waals surface area (Å²) in [7, 11) is 0. The number of rotatable bonds is 3. The van der Waals surface area contributed by atoms with Crippen LogP contribution in [0.4, 0.5) is 10.5 Å². The van der Waals surface area contributed by atoms with Gasteiger partial charge in [-0.3, -0.25) is 4.99 Å². The Morgan fingerprint density at radius 3 is 2.82 bits per heavy atom. The molecule has 0 radical (unpaired) electrons. The molecule has 6 nitrogen and oxygen atoms in total.